The molecule has 4 rings (SSSR count). The molecule has 2 aromatic rings. The van der Waals surface area contributed by atoms with E-state index in [2.05, 4.69) is 33.4 Å². The standard InChI is InChI=1S/C22H32N6OS/c1-17-9-4-7-13-28(17)20-15-19(27-11-5-2-3-6-12-27)24-21(25-20)26-22(30)23-16-18-10-8-14-29-18/h8,10,14-15,17H,2-7,9,11-13,16H2,1H3,(H2,23,24,25,26,30)/t17-/m0/s1. The number of thiocarbonyl (C=S) groups is 1. The van der Waals surface area contributed by atoms with Crippen molar-refractivity contribution < 1.29 is 4.42 Å². The summed E-state index contributed by atoms with van der Waals surface area (Å²) in [6.07, 6.45) is 10.4. The maximum Gasteiger partial charge on any atom is 0.232 e. The van der Waals surface area contributed by atoms with Crippen molar-refractivity contribution in [3.63, 3.8) is 0 Å². The van der Waals surface area contributed by atoms with Gasteiger partial charge < -0.3 is 24.9 Å². The van der Waals surface area contributed by atoms with Crippen molar-refractivity contribution in [2.75, 3.05) is 34.8 Å². The van der Waals surface area contributed by atoms with Gasteiger partial charge in [0.15, 0.2) is 5.11 Å². The molecule has 2 aromatic heterocycles. The fourth-order valence-corrected chi connectivity index (χ4v) is 4.42. The molecule has 30 heavy (non-hydrogen) atoms. The predicted octanol–water partition coefficient (Wildman–Crippen LogP) is 4.32. The molecule has 0 bridgehead atoms. The van der Waals surface area contributed by atoms with Crippen LogP contribution in [-0.2, 0) is 6.54 Å². The lowest BCUT2D eigenvalue weighted by Gasteiger charge is -2.35. The lowest BCUT2D eigenvalue weighted by molar-refractivity contribution is 0.481. The highest BCUT2D eigenvalue weighted by atomic mass is 32.1. The molecule has 0 saturated carbocycles. The summed E-state index contributed by atoms with van der Waals surface area (Å²) < 4.78 is 5.36. The smallest absolute Gasteiger partial charge is 0.232 e. The lowest BCUT2D eigenvalue weighted by Crippen LogP contribution is -2.38. The quantitative estimate of drug-likeness (QED) is 0.683. The fourth-order valence-electron chi connectivity index (χ4n) is 4.25. The zero-order valence-electron chi connectivity index (χ0n) is 17.8. The van der Waals surface area contributed by atoms with Crippen molar-refractivity contribution in [2.24, 2.45) is 0 Å². The van der Waals surface area contributed by atoms with Gasteiger partial charge in [-0.1, -0.05) is 12.8 Å². The highest BCUT2D eigenvalue weighted by molar-refractivity contribution is 7.80. The minimum atomic E-state index is 0.488. The molecule has 0 spiro atoms. The molecule has 0 aliphatic carbocycles. The van der Waals surface area contributed by atoms with Crippen LogP contribution in [0, 0.1) is 0 Å². The van der Waals surface area contributed by atoms with E-state index in [1.54, 1.807) is 6.26 Å². The van der Waals surface area contributed by atoms with Gasteiger partial charge in [0.25, 0.3) is 0 Å². The van der Waals surface area contributed by atoms with Gasteiger partial charge in [0, 0.05) is 31.7 Å². The summed E-state index contributed by atoms with van der Waals surface area (Å²) in [5, 5.41) is 6.86. The number of nitrogens with one attached hydrogen (secondary N) is 2. The maximum atomic E-state index is 5.48. The summed E-state index contributed by atoms with van der Waals surface area (Å²) in [5.41, 5.74) is 0. The number of hydrogen-bond donors (Lipinski definition) is 2. The number of furan rings is 1. The number of aromatic nitrogens is 2. The minimum Gasteiger partial charge on any atom is -0.467 e. The SMILES string of the molecule is C[C@H]1CCCCN1c1cc(N2CCCCCC2)nc(NC(=S)NCc2ccco2)n1. The van der Waals surface area contributed by atoms with E-state index in [0.29, 0.717) is 23.6 Å². The first kappa shape index (κ1) is 20.9. The first-order valence-corrected chi connectivity index (χ1v) is 11.6. The molecule has 2 fully saturated rings. The Morgan fingerprint density at radius 2 is 1.87 bits per heavy atom. The van der Waals surface area contributed by atoms with Crippen LogP contribution >= 0.6 is 12.2 Å². The molecule has 2 saturated heterocycles. The second-order valence-corrected chi connectivity index (χ2v) is 8.64. The normalized spacial score (nSPS) is 20.0. The largest absolute Gasteiger partial charge is 0.467 e. The van der Waals surface area contributed by atoms with E-state index in [0.717, 1.165) is 37.0 Å². The number of rotatable bonds is 5. The Bertz CT molecular complexity index is 819. The van der Waals surface area contributed by atoms with Gasteiger partial charge in [0.2, 0.25) is 5.95 Å². The second-order valence-electron chi connectivity index (χ2n) is 8.23. The third kappa shape index (κ3) is 5.41. The highest BCUT2D eigenvalue weighted by Crippen LogP contribution is 2.28. The van der Waals surface area contributed by atoms with Gasteiger partial charge in [-0.25, -0.2) is 0 Å². The number of nitrogens with zero attached hydrogens (tertiary/aromatic N) is 4. The summed E-state index contributed by atoms with van der Waals surface area (Å²) in [6, 6.07) is 6.44. The third-order valence-corrected chi connectivity index (χ3v) is 6.20. The van der Waals surface area contributed by atoms with Crippen LogP contribution in [0.4, 0.5) is 17.6 Å². The molecule has 2 aliphatic rings. The second kappa shape index (κ2) is 10.1. The molecule has 162 valence electrons. The zero-order chi connectivity index (χ0) is 20.8. The average Bonchev–Trinajstić information content (AvgIpc) is 3.12. The molecule has 2 N–H and O–H groups in total. The van der Waals surface area contributed by atoms with E-state index >= 15 is 0 Å². The van der Waals surface area contributed by atoms with Gasteiger partial charge in [0.05, 0.1) is 12.8 Å². The molecule has 0 radical (unpaired) electrons. The topological polar surface area (TPSA) is 69.5 Å². The summed E-state index contributed by atoms with van der Waals surface area (Å²) in [5.74, 6) is 3.38. The highest BCUT2D eigenvalue weighted by Gasteiger charge is 2.22. The Morgan fingerprint density at radius 3 is 2.60 bits per heavy atom. The first-order chi connectivity index (χ1) is 14.7. The molecular formula is C22H32N6OS. The molecule has 8 heteroatoms. The van der Waals surface area contributed by atoms with Crippen molar-refractivity contribution in [1.82, 2.24) is 15.3 Å². The Labute approximate surface area is 184 Å². The molecular weight excluding hydrogens is 396 g/mol. The van der Waals surface area contributed by atoms with Crippen molar-refractivity contribution in [1.29, 1.82) is 0 Å². The van der Waals surface area contributed by atoms with Crippen LogP contribution in [0.5, 0.6) is 0 Å². The van der Waals surface area contributed by atoms with Crippen molar-refractivity contribution >= 4 is 34.9 Å². The van der Waals surface area contributed by atoms with E-state index in [1.807, 2.05) is 12.1 Å². The lowest BCUT2D eigenvalue weighted by atomic mass is 10.0. The van der Waals surface area contributed by atoms with Gasteiger partial charge in [-0.05, 0) is 63.4 Å². The molecule has 7 nitrogen and oxygen atoms in total. The Morgan fingerprint density at radius 1 is 1.10 bits per heavy atom. The number of anilines is 3. The Balaban J connectivity index is 1.53. The van der Waals surface area contributed by atoms with Crippen LogP contribution in [-0.4, -0.2) is 40.8 Å². The van der Waals surface area contributed by atoms with Gasteiger partial charge in [0.1, 0.15) is 17.4 Å². The molecule has 2 aliphatic heterocycles. The average molecular weight is 429 g/mol. The van der Waals surface area contributed by atoms with Crippen LogP contribution < -0.4 is 20.4 Å². The van der Waals surface area contributed by atoms with Crippen LogP contribution in [0.3, 0.4) is 0 Å². The van der Waals surface area contributed by atoms with Crippen molar-refractivity contribution in [2.45, 2.75) is 64.5 Å². The minimum absolute atomic E-state index is 0.488. The van der Waals surface area contributed by atoms with Gasteiger partial charge in [-0.15, -0.1) is 0 Å². The van der Waals surface area contributed by atoms with E-state index in [9.17, 15) is 0 Å². The molecule has 1 atom stereocenters. The van der Waals surface area contributed by atoms with E-state index in [-0.39, 0.29) is 0 Å². The van der Waals surface area contributed by atoms with Gasteiger partial charge in [-0.3, -0.25) is 0 Å². The van der Waals surface area contributed by atoms with Crippen LogP contribution in [0.15, 0.2) is 28.9 Å². The van der Waals surface area contributed by atoms with Crippen LogP contribution in [0.25, 0.3) is 0 Å². The Kier molecular flexibility index (Phi) is 7.04. The van der Waals surface area contributed by atoms with E-state index in [4.69, 9.17) is 26.6 Å². The van der Waals surface area contributed by atoms with Crippen molar-refractivity contribution in [3.05, 3.63) is 30.2 Å². The summed E-state index contributed by atoms with van der Waals surface area (Å²) in [7, 11) is 0. The molecule has 0 unspecified atom stereocenters. The fraction of sp³-hybridized carbons (Fsp3) is 0.591. The summed E-state index contributed by atoms with van der Waals surface area (Å²) in [6.45, 7) is 5.95. The van der Waals surface area contributed by atoms with E-state index < -0.39 is 0 Å². The van der Waals surface area contributed by atoms with Crippen LogP contribution in [0.2, 0.25) is 0 Å². The third-order valence-electron chi connectivity index (χ3n) is 5.96. The van der Waals surface area contributed by atoms with Crippen LogP contribution in [0.1, 0.15) is 57.6 Å². The molecule has 0 amide bonds. The summed E-state index contributed by atoms with van der Waals surface area (Å²) >= 11 is 5.48. The monoisotopic (exact) mass is 428 g/mol. The molecule has 0 aromatic carbocycles. The van der Waals surface area contributed by atoms with Gasteiger partial charge in [-0.2, -0.15) is 9.97 Å². The Hall–Kier alpha value is -2.35. The van der Waals surface area contributed by atoms with Crippen molar-refractivity contribution in [3.8, 4) is 0 Å². The van der Waals surface area contributed by atoms with Gasteiger partial charge >= 0.3 is 0 Å². The first-order valence-electron chi connectivity index (χ1n) is 11.2. The predicted molar refractivity (Wildman–Crippen MR) is 125 cm³/mol. The van der Waals surface area contributed by atoms with E-state index in [1.165, 1.54) is 44.9 Å². The zero-order valence-corrected chi connectivity index (χ0v) is 18.6. The summed E-state index contributed by atoms with van der Waals surface area (Å²) in [4.78, 5) is 14.5. The molecule has 4 heterocycles. The maximum absolute atomic E-state index is 5.48. The number of hydrogen-bond acceptors (Lipinski definition) is 6. The number of piperidine rings is 1.